The Morgan fingerprint density at radius 3 is 2.57 bits per heavy atom. The maximum Gasteiger partial charge on any atom is 0.335 e. The third-order valence-electron chi connectivity index (χ3n) is 4.45. The van der Waals surface area contributed by atoms with Crippen LogP contribution in [0.2, 0.25) is 5.02 Å². The Morgan fingerprint density at radius 1 is 1.24 bits per heavy atom. The van der Waals surface area contributed by atoms with E-state index in [1.54, 1.807) is 6.07 Å². The molecule has 0 amide bonds. The average molecular weight is 310 g/mol. The van der Waals surface area contributed by atoms with Crippen LogP contribution in [0.5, 0.6) is 5.75 Å². The third kappa shape index (κ3) is 3.33. The fraction of sp³-hybridized carbons (Fsp3) is 0.562. The molecule has 0 radical (unpaired) electrons. The summed E-state index contributed by atoms with van der Waals surface area (Å²) < 4.78 is 5.89. The summed E-state index contributed by atoms with van der Waals surface area (Å²) in [6.45, 7) is 2.43. The number of hydrogen-bond donors (Lipinski definition) is 1. The summed E-state index contributed by atoms with van der Waals surface area (Å²) in [4.78, 5) is 13.4. The van der Waals surface area contributed by atoms with Gasteiger partial charge in [0.15, 0.2) is 0 Å². The molecule has 0 unspecified atom stereocenters. The molecule has 114 valence electrons. The van der Waals surface area contributed by atoms with E-state index in [-0.39, 0.29) is 11.7 Å². The predicted octanol–water partition coefficient (Wildman–Crippen LogP) is 3.43. The van der Waals surface area contributed by atoms with E-state index in [2.05, 4.69) is 4.90 Å². The number of rotatable bonds is 4. The zero-order valence-corrected chi connectivity index (χ0v) is 12.7. The number of carbonyl (C=O) groups is 1. The molecule has 1 N–H and O–H groups in total. The average Bonchev–Trinajstić information content (AvgIpc) is 2.44. The molecule has 0 aromatic heterocycles. The van der Waals surface area contributed by atoms with E-state index >= 15 is 0 Å². The normalized spacial score (nSPS) is 26.1. The topological polar surface area (TPSA) is 49.8 Å². The van der Waals surface area contributed by atoms with Crippen molar-refractivity contribution >= 4 is 17.6 Å². The molecule has 5 heteroatoms. The summed E-state index contributed by atoms with van der Waals surface area (Å²) in [5.74, 6) is -0.388. The second kappa shape index (κ2) is 6.24. The van der Waals surface area contributed by atoms with Gasteiger partial charge in [0.05, 0.1) is 10.6 Å². The number of piperidine rings is 1. The smallest absolute Gasteiger partial charge is 0.335 e. The number of likely N-dealkylation sites (tertiary alicyclic amines) is 1. The van der Waals surface area contributed by atoms with Gasteiger partial charge in [-0.3, -0.25) is 0 Å². The van der Waals surface area contributed by atoms with Gasteiger partial charge >= 0.3 is 5.97 Å². The van der Waals surface area contributed by atoms with E-state index in [0.717, 1.165) is 12.8 Å². The minimum absolute atomic E-state index is 0.187. The molecular weight excluding hydrogens is 290 g/mol. The highest BCUT2D eigenvalue weighted by Crippen LogP contribution is 2.34. The Bertz CT molecular complexity index is 522. The Morgan fingerprint density at radius 2 is 1.95 bits per heavy atom. The second-order valence-electron chi connectivity index (χ2n) is 5.91. The highest BCUT2D eigenvalue weighted by atomic mass is 35.5. The molecule has 2 fully saturated rings. The van der Waals surface area contributed by atoms with Gasteiger partial charge in [-0.25, -0.2) is 4.79 Å². The molecule has 1 aliphatic carbocycles. The van der Waals surface area contributed by atoms with Crippen molar-refractivity contribution in [1.82, 2.24) is 4.90 Å². The van der Waals surface area contributed by atoms with Crippen molar-refractivity contribution in [3.05, 3.63) is 28.8 Å². The van der Waals surface area contributed by atoms with Crippen LogP contribution in [0.3, 0.4) is 0 Å². The van der Waals surface area contributed by atoms with E-state index in [1.807, 2.05) is 0 Å². The lowest BCUT2D eigenvalue weighted by atomic mass is 9.86. The molecule has 1 aliphatic heterocycles. The molecule has 1 aromatic rings. The zero-order valence-electron chi connectivity index (χ0n) is 11.9. The molecule has 4 nitrogen and oxygen atoms in total. The first kappa shape index (κ1) is 14.7. The van der Waals surface area contributed by atoms with E-state index in [9.17, 15) is 4.79 Å². The van der Waals surface area contributed by atoms with Crippen LogP contribution >= 0.6 is 11.6 Å². The minimum atomic E-state index is -0.975. The number of hydrogen-bond acceptors (Lipinski definition) is 3. The standard InChI is InChI=1S/C16H20ClNO3/c17-14-8-11(16(19)20)4-5-15(14)21-13-9-12(10-13)18-6-2-1-3-7-18/h4-5,8,12-13H,1-3,6-7,9-10H2,(H,19,20)/t12-,13-. The lowest BCUT2D eigenvalue weighted by molar-refractivity contribution is 0.00896. The number of nitrogens with zero attached hydrogens (tertiary/aromatic N) is 1. The first-order valence-electron chi connectivity index (χ1n) is 7.57. The highest BCUT2D eigenvalue weighted by molar-refractivity contribution is 6.32. The van der Waals surface area contributed by atoms with Gasteiger partial charge in [0.1, 0.15) is 11.9 Å². The van der Waals surface area contributed by atoms with Gasteiger partial charge < -0.3 is 14.7 Å². The Labute approximate surface area is 129 Å². The van der Waals surface area contributed by atoms with Crippen LogP contribution in [0, 0.1) is 0 Å². The predicted molar refractivity (Wildman–Crippen MR) is 81.3 cm³/mol. The molecule has 0 atom stereocenters. The van der Waals surface area contributed by atoms with Gasteiger partial charge in [-0.15, -0.1) is 0 Å². The van der Waals surface area contributed by atoms with Crippen molar-refractivity contribution < 1.29 is 14.6 Å². The number of carboxylic acids is 1. The molecule has 21 heavy (non-hydrogen) atoms. The Balaban J connectivity index is 1.53. The molecular formula is C16H20ClNO3. The maximum atomic E-state index is 10.9. The number of ether oxygens (including phenoxy) is 1. The summed E-state index contributed by atoms with van der Waals surface area (Å²) in [5.41, 5.74) is 0.187. The quantitative estimate of drug-likeness (QED) is 0.925. The molecule has 1 saturated heterocycles. The van der Waals surface area contributed by atoms with Crippen LogP contribution in [0.15, 0.2) is 18.2 Å². The van der Waals surface area contributed by atoms with E-state index in [4.69, 9.17) is 21.4 Å². The number of benzene rings is 1. The largest absolute Gasteiger partial charge is 0.489 e. The lowest BCUT2D eigenvalue weighted by Gasteiger charge is -2.44. The number of aromatic carboxylic acids is 1. The summed E-state index contributed by atoms with van der Waals surface area (Å²) >= 11 is 6.08. The van der Waals surface area contributed by atoms with Gasteiger partial charge in [-0.05, 0) is 44.1 Å². The van der Waals surface area contributed by atoms with Crippen LogP contribution in [-0.2, 0) is 0 Å². The Hall–Kier alpha value is -1.26. The number of carboxylic acid groups (broad SMARTS) is 1. The van der Waals surface area contributed by atoms with Crippen molar-refractivity contribution in [3.8, 4) is 5.75 Å². The molecule has 2 aliphatic rings. The van der Waals surface area contributed by atoms with Crippen molar-refractivity contribution in [2.75, 3.05) is 13.1 Å². The molecule has 0 spiro atoms. The van der Waals surface area contributed by atoms with Crippen LogP contribution < -0.4 is 4.74 Å². The first-order valence-corrected chi connectivity index (χ1v) is 7.95. The SMILES string of the molecule is O=C(O)c1ccc(O[C@H]2C[C@H](N3CCCCC3)C2)c(Cl)c1. The fourth-order valence-electron chi connectivity index (χ4n) is 3.12. The first-order chi connectivity index (χ1) is 10.1. The van der Waals surface area contributed by atoms with Crippen LogP contribution in [0.1, 0.15) is 42.5 Å². The van der Waals surface area contributed by atoms with Crippen LogP contribution in [0.25, 0.3) is 0 Å². The molecule has 3 rings (SSSR count). The van der Waals surface area contributed by atoms with Crippen molar-refractivity contribution in [3.63, 3.8) is 0 Å². The zero-order chi connectivity index (χ0) is 14.8. The van der Waals surface area contributed by atoms with Crippen molar-refractivity contribution in [2.45, 2.75) is 44.2 Å². The summed E-state index contributed by atoms with van der Waals surface area (Å²) in [5, 5.41) is 9.28. The van der Waals surface area contributed by atoms with Crippen molar-refractivity contribution in [2.24, 2.45) is 0 Å². The van der Waals surface area contributed by atoms with Gasteiger partial charge in [-0.1, -0.05) is 18.0 Å². The van der Waals surface area contributed by atoms with E-state index < -0.39 is 5.97 Å². The summed E-state index contributed by atoms with van der Waals surface area (Å²) in [6, 6.07) is 5.28. The highest BCUT2D eigenvalue weighted by Gasteiger charge is 2.35. The number of halogens is 1. The van der Waals surface area contributed by atoms with Crippen molar-refractivity contribution in [1.29, 1.82) is 0 Å². The van der Waals surface area contributed by atoms with E-state index in [1.165, 1.54) is 44.5 Å². The Kier molecular flexibility index (Phi) is 4.36. The molecule has 1 aromatic carbocycles. The van der Waals surface area contributed by atoms with Gasteiger partial charge in [0.2, 0.25) is 0 Å². The fourth-order valence-corrected chi connectivity index (χ4v) is 3.35. The second-order valence-corrected chi connectivity index (χ2v) is 6.32. The molecule has 1 heterocycles. The molecule has 0 bridgehead atoms. The molecule has 1 saturated carbocycles. The van der Waals surface area contributed by atoms with Gasteiger partial charge in [-0.2, -0.15) is 0 Å². The van der Waals surface area contributed by atoms with Crippen LogP contribution in [0.4, 0.5) is 0 Å². The minimum Gasteiger partial charge on any atom is -0.489 e. The van der Waals surface area contributed by atoms with Gasteiger partial charge in [0, 0.05) is 18.9 Å². The van der Waals surface area contributed by atoms with E-state index in [0.29, 0.717) is 16.8 Å². The summed E-state index contributed by atoms with van der Waals surface area (Å²) in [6.07, 6.45) is 6.25. The lowest BCUT2D eigenvalue weighted by Crippen LogP contribution is -2.50. The van der Waals surface area contributed by atoms with Gasteiger partial charge in [0.25, 0.3) is 0 Å². The maximum absolute atomic E-state index is 10.9. The summed E-state index contributed by atoms with van der Waals surface area (Å²) in [7, 11) is 0. The monoisotopic (exact) mass is 309 g/mol. The van der Waals surface area contributed by atoms with Crippen LogP contribution in [-0.4, -0.2) is 41.2 Å². The third-order valence-corrected chi connectivity index (χ3v) is 4.74.